The lowest BCUT2D eigenvalue weighted by molar-refractivity contribution is -0.174. The molecular formula is C6H12N2O3. The molecule has 1 rings (SSSR count). The van der Waals surface area contributed by atoms with Crippen LogP contribution in [0.5, 0.6) is 0 Å². The number of piperidine rings is 1. The highest BCUT2D eigenvalue weighted by Gasteiger charge is 2.32. The Bertz CT molecular complexity index is 154. The van der Waals surface area contributed by atoms with Gasteiger partial charge < -0.3 is 20.9 Å². The standard InChI is InChI=1S/C6H12N2O3/c7-5(9)11-6(10)1-3-8-4-2-6/h8,10H,1-4H2,(H2,7,9). The Hall–Kier alpha value is -0.810. The van der Waals surface area contributed by atoms with Crippen LogP contribution in [0.2, 0.25) is 0 Å². The van der Waals surface area contributed by atoms with E-state index in [-0.39, 0.29) is 0 Å². The number of nitrogens with one attached hydrogen (secondary N) is 1. The molecule has 0 aromatic heterocycles. The minimum atomic E-state index is -1.34. The second-order valence-electron chi connectivity index (χ2n) is 2.62. The van der Waals surface area contributed by atoms with Gasteiger partial charge in [-0.2, -0.15) is 0 Å². The fraction of sp³-hybridized carbons (Fsp3) is 0.833. The lowest BCUT2D eigenvalue weighted by atomic mass is 10.1. The first kappa shape index (κ1) is 8.29. The summed E-state index contributed by atoms with van der Waals surface area (Å²) in [5.74, 6) is -1.34. The van der Waals surface area contributed by atoms with E-state index in [0.717, 1.165) is 0 Å². The number of amides is 1. The second-order valence-corrected chi connectivity index (χ2v) is 2.62. The number of primary amides is 1. The molecule has 0 aromatic carbocycles. The van der Waals surface area contributed by atoms with Crippen molar-refractivity contribution < 1.29 is 14.6 Å². The molecule has 11 heavy (non-hydrogen) atoms. The molecule has 0 spiro atoms. The van der Waals surface area contributed by atoms with Crippen molar-refractivity contribution in [1.82, 2.24) is 5.32 Å². The summed E-state index contributed by atoms with van der Waals surface area (Å²) in [7, 11) is 0. The first-order valence-corrected chi connectivity index (χ1v) is 3.54. The normalized spacial score (nSPS) is 22.6. The van der Waals surface area contributed by atoms with Gasteiger partial charge in [0.2, 0.25) is 5.79 Å². The highest BCUT2D eigenvalue weighted by Crippen LogP contribution is 2.18. The second kappa shape index (κ2) is 3.06. The molecule has 1 aliphatic rings. The maximum Gasteiger partial charge on any atom is 0.407 e. The number of carbonyl (C=O) groups excluding carboxylic acids is 1. The van der Waals surface area contributed by atoms with Gasteiger partial charge in [0, 0.05) is 25.9 Å². The number of nitrogens with two attached hydrogens (primary N) is 1. The average molecular weight is 160 g/mol. The van der Waals surface area contributed by atoms with Crippen molar-refractivity contribution >= 4 is 6.09 Å². The van der Waals surface area contributed by atoms with Crippen molar-refractivity contribution in [2.45, 2.75) is 18.6 Å². The molecule has 4 N–H and O–H groups in total. The van der Waals surface area contributed by atoms with Crippen LogP contribution in [0.15, 0.2) is 0 Å². The van der Waals surface area contributed by atoms with Gasteiger partial charge in [-0.25, -0.2) is 4.79 Å². The molecule has 1 fully saturated rings. The largest absolute Gasteiger partial charge is 0.417 e. The quantitative estimate of drug-likeness (QED) is 0.436. The number of ether oxygens (including phenoxy) is 1. The van der Waals surface area contributed by atoms with Crippen molar-refractivity contribution in [3.63, 3.8) is 0 Å². The Morgan fingerprint density at radius 2 is 2.09 bits per heavy atom. The highest BCUT2D eigenvalue weighted by atomic mass is 16.7. The lowest BCUT2D eigenvalue weighted by Crippen LogP contribution is -2.46. The lowest BCUT2D eigenvalue weighted by Gasteiger charge is -2.30. The van der Waals surface area contributed by atoms with E-state index in [4.69, 9.17) is 5.73 Å². The molecule has 1 amide bonds. The predicted octanol–water partition coefficient (Wildman–Crippen LogP) is -0.846. The van der Waals surface area contributed by atoms with Gasteiger partial charge in [-0.05, 0) is 0 Å². The summed E-state index contributed by atoms with van der Waals surface area (Å²) in [6.45, 7) is 1.29. The summed E-state index contributed by atoms with van der Waals surface area (Å²) < 4.78 is 4.53. The van der Waals surface area contributed by atoms with Crippen molar-refractivity contribution in [3.8, 4) is 0 Å². The summed E-state index contributed by atoms with van der Waals surface area (Å²) in [5.41, 5.74) is 4.77. The molecule has 1 heterocycles. The van der Waals surface area contributed by atoms with Gasteiger partial charge in [0.05, 0.1) is 0 Å². The Balaban J connectivity index is 2.43. The van der Waals surface area contributed by atoms with Crippen molar-refractivity contribution in [2.24, 2.45) is 5.73 Å². The van der Waals surface area contributed by atoms with Crippen molar-refractivity contribution in [3.05, 3.63) is 0 Å². The molecule has 0 aliphatic carbocycles. The number of hydrogen-bond donors (Lipinski definition) is 3. The fourth-order valence-electron chi connectivity index (χ4n) is 1.11. The van der Waals surface area contributed by atoms with Crippen LogP contribution in [0.1, 0.15) is 12.8 Å². The van der Waals surface area contributed by atoms with Crippen LogP contribution in [0, 0.1) is 0 Å². The van der Waals surface area contributed by atoms with Crippen LogP contribution in [0.4, 0.5) is 4.79 Å². The predicted molar refractivity (Wildman–Crippen MR) is 37.7 cm³/mol. The van der Waals surface area contributed by atoms with Gasteiger partial charge in [0.25, 0.3) is 0 Å². The van der Waals surface area contributed by atoms with Crippen LogP contribution in [-0.4, -0.2) is 30.1 Å². The monoisotopic (exact) mass is 160 g/mol. The van der Waals surface area contributed by atoms with Gasteiger partial charge >= 0.3 is 6.09 Å². The molecule has 0 bridgehead atoms. The maximum atomic E-state index is 10.3. The van der Waals surface area contributed by atoms with E-state index in [1.807, 2.05) is 0 Å². The number of hydrogen-bond acceptors (Lipinski definition) is 4. The van der Waals surface area contributed by atoms with Gasteiger partial charge in [-0.15, -0.1) is 0 Å². The van der Waals surface area contributed by atoms with Crippen LogP contribution in [0.3, 0.4) is 0 Å². The zero-order valence-electron chi connectivity index (χ0n) is 6.17. The number of rotatable bonds is 1. The van der Waals surface area contributed by atoms with Crippen LogP contribution >= 0.6 is 0 Å². The third-order valence-corrected chi connectivity index (χ3v) is 1.68. The van der Waals surface area contributed by atoms with E-state index < -0.39 is 11.9 Å². The van der Waals surface area contributed by atoms with E-state index in [1.54, 1.807) is 0 Å². The molecule has 0 aromatic rings. The molecule has 5 nitrogen and oxygen atoms in total. The molecule has 1 saturated heterocycles. The Kier molecular flexibility index (Phi) is 2.31. The van der Waals surface area contributed by atoms with Gasteiger partial charge in [-0.3, -0.25) is 0 Å². The van der Waals surface area contributed by atoms with E-state index in [9.17, 15) is 9.90 Å². The fourth-order valence-corrected chi connectivity index (χ4v) is 1.11. The number of carbonyl (C=O) groups is 1. The molecule has 0 atom stereocenters. The van der Waals surface area contributed by atoms with E-state index in [1.165, 1.54) is 0 Å². The minimum Gasteiger partial charge on any atom is -0.417 e. The molecule has 64 valence electrons. The Labute approximate surface area is 64.5 Å². The summed E-state index contributed by atoms with van der Waals surface area (Å²) >= 11 is 0. The van der Waals surface area contributed by atoms with Gasteiger partial charge in [0.15, 0.2) is 0 Å². The van der Waals surface area contributed by atoms with Gasteiger partial charge in [0.1, 0.15) is 0 Å². The Morgan fingerprint density at radius 1 is 1.55 bits per heavy atom. The maximum absolute atomic E-state index is 10.3. The van der Waals surface area contributed by atoms with Crippen LogP contribution in [-0.2, 0) is 4.74 Å². The molecule has 0 saturated carbocycles. The van der Waals surface area contributed by atoms with E-state index in [0.29, 0.717) is 25.9 Å². The first-order chi connectivity index (χ1) is 5.12. The summed E-state index contributed by atoms with van der Waals surface area (Å²) in [4.78, 5) is 10.3. The average Bonchev–Trinajstić information content (AvgIpc) is 1.85. The molecular weight excluding hydrogens is 148 g/mol. The first-order valence-electron chi connectivity index (χ1n) is 3.54. The number of aliphatic hydroxyl groups is 1. The molecule has 1 aliphatic heterocycles. The minimum absolute atomic E-state index is 0.399. The van der Waals surface area contributed by atoms with E-state index in [2.05, 4.69) is 10.1 Å². The van der Waals surface area contributed by atoms with Crippen LogP contribution in [0.25, 0.3) is 0 Å². The zero-order chi connectivity index (χ0) is 8.32. The molecule has 0 radical (unpaired) electrons. The summed E-state index contributed by atoms with van der Waals surface area (Å²) in [6.07, 6.45) is -0.124. The smallest absolute Gasteiger partial charge is 0.407 e. The summed E-state index contributed by atoms with van der Waals surface area (Å²) in [6, 6.07) is 0. The SMILES string of the molecule is NC(=O)OC1(O)CCNCC1. The third kappa shape index (κ3) is 2.36. The zero-order valence-corrected chi connectivity index (χ0v) is 6.17. The topological polar surface area (TPSA) is 84.6 Å². The van der Waals surface area contributed by atoms with Gasteiger partial charge in [-0.1, -0.05) is 0 Å². The highest BCUT2D eigenvalue weighted by molar-refractivity contribution is 5.65. The summed E-state index contributed by atoms with van der Waals surface area (Å²) in [5, 5.41) is 12.5. The van der Waals surface area contributed by atoms with Crippen LogP contribution < -0.4 is 11.1 Å². The van der Waals surface area contributed by atoms with E-state index >= 15 is 0 Å². The van der Waals surface area contributed by atoms with Crippen molar-refractivity contribution in [2.75, 3.05) is 13.1 Å². The third-order valence-electron chi connectivity index (χ3n) is 1.68. The Morgan fingerprint density at radius 3 is 2.55 bits per heavy atom. The molecule has 0 unspecified atom stereocenters. The molecule has 5 heteroatoms. The van der Waals surface area contributed by atoms with Crippen molar-refractivity contribution in [1.29, 1.82) is 0 Å².